The molecular formula is C16H17ClFNO. The molecule has 106 valence electrons. The monoisotopic (exact) mass is 293 g/mol. The Balaban J connectivity index is 2.42. The van der Waals surface area contributed by atoms with Crippen LogP contribution in [0.3, 0.4) is 0 Å². The van der Waals surface area contributed by atoms with Gasteiger partial charge in [0.05, 0.1) is 6.10 Å². The molecule has 0 fully saturated rings. The van der Waals surface area contributed by atoms with Crippen LogP contribution in [0.5, 0.6) is 0 Å². The van der Waals surface area contributed by atoms with Crippen LogP contribution in [0.15, 0.2) is 42.5 Å². The van der Waals surface area contributed by atoms with Crippen LogP contribution in [0.25, 0.3) is 0 Å². The lowest BCUT2D eigenvalue weighted by molar-refractivity contribution is 0.145. The van der Waals surface area contributed by atoms with E-state index in [1.807, 2.05) is 25.1 Å². The summed E-state index contributed by atoms with van der Waals surface area (Å²) in [5, 5.41) is 10.8. The Kier molecular flexibility index (Phi) is 4.76. The molecule has 0 saturated carbocycles. The van der Waals surface area contributed by atoms with Gasteiger partial charge < -0.3 is 10.8 Å². The molecule has 2 unspecified atom stereocenters. The maximum Gasteiger partial charge on any atom is 0.128 e. The van der Waals surface area contributed by atoms with E-state index in [2.05, 4.69) is 0 Å². The van der Waals surface area contributed by atoms with Gasteiger partial charge >= 0.3 is 0 Å². The molecule has 0 aromatic heterocycles. The highest BCUT2D eigenvalue weighted by molar-refractivity contribution is 6.31. The van der Waals surface area contributed by atoms with Crippen molar-refractivity contribution in [1.29, 1.82) is 0 Å². The number of halogens is 2. The van der Waals surface area contributed by atoms with Crippen LogP contribution in [-0.4, -0.2) is 11.7 Å². The fourth-order valence-electron chi connectivity index (χ4n) is 2.36. The minimum Gasteiger partial charge on any atom is -0.388 e. The van der Waals surface area contributed by atoms with Gasteiger partial charge in [0.2, 0.25) is 0 Å². The van der Waals surface area contributed by atoms with Gasteiger partial charge in [0.25, 0.3) is 0 Å². The van der Waals surface area contributed by atoms with Crippen molar-refractivity contribution < 1.29 is 9.50 Å². The molecule has 2 nitrogen and oxygen atoms in total. The first kappa shape index (κ1) is 15.0. The predicted molar refractivity (Wildman–Crippen MR) is 79.3 cm³/mol. The summed E-state index contributed by atoms with van der Waals surface area (Å²) in [5.74, 6) is -1.02. The normalized spacial score (nSPS) is 14.1. The van der Waals surface area contributed by atoms with Crippen LogP contribution < -0.4 is 5.73 Å². The van der Waals surface area contributed by atoms with Crippen LogP contribution in [-0.2, 0) is 0 Å². The van der Waals surface area contributed by atoms with Crippen molar-refractivity contribution >= 4 is 11.6 Å². The molecule has 0 spiro atoms. The molecule has 0 aliphatic heterocycles. The molecular weight excluding hydrogens is 277 g/mol. The van der Waals surface area contributed by atoms with Crippen LogP contribution in [0.1, 0.15) is 28.7 Å². The first-order valence-electron chi connectivity index (χ1n) is 6.43. The molecule has 2 aromatic rings. The molecule has 3 N–H and O–H groups in total. The van der Waals surface area contributed by atoms with Crippen molar-refractivity contribution in [2.75, 3.05) is 6.54 Å². The first-order valence-corrected chi connectivity index (χ1v) is 6.81. The largest absolute Gasteiger partial charge is 0.388 e. The Morgan fingerprint density at radius 1 is 1.25 bits per heavy atom. The number of hydrogen-bond acceptors (Lipinski definition) is 2. The van der Waals surface area contributed by atoms with E-state index in [-0.39, 0.29) is 17.1 Å². The lowest BCUT2D eigenvalue weighted by atomic mass is 9.88. The summed E-state index contributed by atoms with van der Waals surface area (Å²) in [5.41, 5.74) is 7.74. The van der Waals surface area contributed by atoms with E-state index in [1.54, 1.807) is 12.1 Å². The fraction of sp³-hybridized carbons (Fsp3) is 0.250. The van der Waals surface area contributed by atoms with Crippen molar-refractivity contribution in [1.82, 2.24) is 0 Å². The lowest BCUT2D eigenvalue weighted by Gasteiger charge is -2.24. The number of hydrogen-bond donors (Lipinski definition) is 2. The molecule has 0 heterocycles. The Morgan fingerprint density at radius 3 is 2.55 bits per heavy atom. The minimum atomic E-state index is -0.894. The number of nitrogens with two attached hydrogens (primary N) is 1. The van der Waals surface area contributed by atoms with Crippen LogP contribution in [0, 0.1) is 12.7 Å². The number of rotatable bonds is 4. The highest BCUT2D eigenvalue weighted by Crippen LogP contribution is 2.35. The van der Waals surface area contributed by atoms with Gasteiger partial charge in [-0.3, -0.25) is 0 Å². The second-order valence-electron chi connectivity index (χ2n) is 4.84. The molecule has 2 aromatic carbocycles. The molecule has 0 radical (unpaired) electrons. The van der Waals surface area contributed by atoms with Crippen molar-refractivity contribution in [3.8, 4) is 0 Å². The molecule has 0 amide bonds. The van der Waals surface area contributed by atoms with Gasteiger partial charge in [-0.25, -0.2) is 4.39 Å². The van der Waals surface area contributed by atoms with E-state index in [4.69, 9.17) is 17.3 Å². The smallest absolute Gasteiger partial charge is 0.128 e. The maximum atomic E-state index is 14.0. The van der Waals surface area contributed by atoms with Gasteiger partial charge in [0.15, 0.2) is 0 Å². The summed E-state index contributed by atoms with van der Waals surface area (Å²) in [6.07, 6.45) is -0.894. The molecule has 0 saturated heterocycles. The highest BCUT2D eigenvalue weighted by atomic mass is 35.5. The average Bonchev–Trinajstić information content (AvgIpc) is 2.42. The van der Waals surface area contributed by atoms with Crippen LogP contribution >= 0.6 is 11.6 Å². The minimum absolute atomic E-state index is 0.107. The summed E-state index contributed by atoms with van der Waals surface area (Å²) in [7, 11) is 0. The topological polar surface area (TPSA) is 46.2 Å². The standard InChI is InChI=1S/C16H17ClFNO/c1-10-4-2-5-11(8-10)16(20)12(9-19)15-13(17)6-3-7-14(15)18/h2-8,12,16,20H,9,19H2,1H3. The summed E-state index contributed by atoms with van der Waals surface area (Å²) in [6, 6.07) is 11.9. The molecule has 20 heavy (non-hydrogen) atoms. The molecule has 2 rings (SSSR count). The van der Waals surface area contributed by atoms with E-state index in [0.29, 0.717) is 5.56 Å². The molecule has 0 aliphatic carbocycles. The van der Waals surface area contributed by atoms with E-state index in [1.165, 1.54) is 12.1 Å². The van der Waals surface area contributed by atoms with Crippen molar-refractivity contribution in [3.63, 3.8) is 0 Å². The van der Waals surface area contributed by atoms with Gasteiger partial charge in [-0.1, -0.05) is 47.5 Å². The zero-order valence-electron chi connectivity index (χ0n) is 11.2. The number of aliphatic hydroxyl groups excluding tert-OH is 1. The second-order valence-corrected chi connectivity index (χ2v) is 5.24. The lowest BCUT2D eigenvalue weighted by Crippen LogP contribution is -2.21. The van der Waals surface area contributed by atoms with Gasteiger partial charge in [-0.05, 0) is 24.6 Å². The van der Waals surface area contributed by atoms with Crippen LogP contribution in [0.4, 0.5) is 4.39 Å². The van der Waals surface area contributed by atoms with Crippen molar-refractivity contribution in [2.24, 2.45) is 5.73 Å². The SMILES string of the molecule is Cc1cccc(C(O)C(CN)c2c(F)cccc2Cl)c1. The zero-order chi connectivity index (χ0) is 14.7. The Morgan fingerprint density at radius 2 is 1.95 bits per heavy atom. The van der Waals surface area contributed by atoms with E-state index in [9.17, 15) is 9.50 Å². The average molecular weight is 294 g/mol. The quantitative estimate of drug-likeness (QED) is 0.905. The second kappa shape index (κ2) is 6.35. The van der Waals surface area contributed by atoms with Crippen molar-refractivity contribution in [3.05, 3.63) is 70.0 Å². The first-order chi connectivity index (χ1) is 9.54. The maximum absolute atomic E-state index is 14.0. The van der Waals surface area contributed by atoms with E-state index < -0.39 is 17.8 Å². The van der Waals surface area contributed by atoms with Crippen molar-refractivity contribution in [2.45, 2.75) is 18.9 Å². The van der Waals surface area contributed by atoms with E-state index >= 15 is 0 Å². The summed E-state index contributed by atoms with van der Waals surface area (Å²) in [6.45, 7) is 2.04. The van der Waals surface area contributed by atoms with Gasteiger partial charge in [0, 0.05) is 23.0 Å². The highest BCUT2D eigenvalue weighted by Gasteiger charge is 2.26. The predicted octanol–water partition coefficient (Wildman–Crippen LogP) is 3.56. The Hall–Kier alpha value is -1.42. The summed E-state index contributed by atoms with van der Waals surface area (Å²) < 4.78 is 14.0. The summed E-state index contributed by atoms with van der Waals surface area (Å²) in [4.78, 5) is 0. The van der Waals surface area contributed by atoms with Gasteiger partial charge in [-0.2, -0.15) is 0 Å². The third-order valence-electron chi connectivity index (χ3n) is 3.39. The van der Waals surface area contributed by atoms with E-state index in [0.717, 1.165) is 5.56 Å². The number of aliphatic hydroxyl groups is 1. The Bertz CT molecular complexity index is 583. The van der Waals surface area contributed by atoms with Gasteiger partial charge in [-0.15, -0.1) is 0 Å². The molecule has 0 bridgehead atoms. The fourth-order valence-corrected chi connectivity index (χ4v) is 2.66. The third-order valence-corrected chi connectivity index (χ3v) is 3.72. The van der Waals surface area contributed by atoms with Gasteiger partial charge in [0.1, 0.15) is 5.82 Å². The number of benzene rings is 2. The molecule has 0 aliphatic rings. The third kappa shape index (κ3) is 3.01. The van der Waals surface area contributed by atoms with Crippen LogP contribution in [0.2, 0.25) is 5.02 Å². The molecule has 4 heteroatoms. The number of aryl methyl sites for hydroxylation is 1. The Labute approximate surface area is 123 Å². The zero-order valence-corrected chi connectivity index (χ0v) is 11.9. The summed E-state index contributed by atoms with van der Waals surface area (Å²) >= 11 is 6.06. The molecule has 2 atom stereocenters.